The summed E-state index contributed by atoms with van der Waals surface area (Å²) in [6.07, 6.45) is 0.520. The number of carbonyl (C=O) groups excluding carboxylic acids is 2. The molecule has 0 radical (unpaired) electrons. The molecule has 0 heterocycles. The maximum Gasteiger partial charge on any atom is 0.509 e. The monoisotopic (exact) mass is 432 g/mol. The quantitative estimate of drug-likeness (QED) is 0.359. The Bertz CT molecular complexity index is 538. The van der Waals surface area contributed by atoms with Crippen molar-refractivity contribution in [3.05, 3.63) is 0 Å². The summed E-state index contributed by atoms with van der Waals surface area (Å²) in [5, 5.41) is 0. The maximum atomic E-state index is 12.2. The molecule has 0 aromatic carbocycles. The molecule has 0 aliphatic rings. The molecular formula is C23H44O7. The Morgan fingerprint density at radius 3 is 1.77 bits per heavy atom. The second-order valence-electron chi connectivity index (χ2n) is 10.2. The molecule has 0 saturated heterocycles. The van der Waals surface area contributed by atoms with E-state index in [-0.39, 0.29) is 23.8 Å². The molecule has 2 atom stereocenters. The van der Waals surface area contributed by atoms with Crippen LogP contribution in [0.1, 0.15) is 95.4 Å². The van der Waals surface area contributed by atoms with Gasteiger partial charge in [0.2, 0.25) is 0 Å². The van der Waals surface area contributed by atoms with Crippen molar-refractivity contribution in [1.29, 1.82) is 0 Å². The highest BCUT2D eigenvalue weighted by molar-refractivity contribution is 5.66. The van der Waals surface area contributed by atoms with Crippen LogP contribution >= 0.6 is 0 Å². The molecule has 178 valence electrons. The van der Waals surface area contributed by atoms with E-state index in [2.05, 4.69) is 0 Å². The van der Waals surface area contributed by atoms with Crippen LogP contribution in [0.15, 0.2) is 0 Å². The fourth-order valence-corrected chi connectivity index (χ4v) is 3.50. The van der Waals surface area contributed by atoms with Crippen LogP contribution in [0, 0.1) is 0 Å². The summed E-state index contributed by atoms with van der Waals surface area (Å²) in [4.78, 5) is 23.4. The highest BCUT2D eigenvalue weighted by Gasteiger charge is 2.32. The van der Waals surface area contributed by atoms with Crippen molar-refractivity contribution in [1.82, 2.24) is 0 Å². The zero-order valence-corrected chi connectivity index (χ0v) is 20.9. The van der Waals surface area contributed by atoms with Gasteiger partial charge < -0.3 is 23.7 Å². The lowest BCUT2D eigenvalue weighted by molar-refractivity contribution is -0.156. The molecule has 0 aromatic rings. The van der Waals surface area contributed by atoms with Gasteiger partial charge in [-0.3, -0.25) is 4.79 Å². The van der Waals surface area contributed by atoms with E-state index in [0.717, 1.165) is 6.42 Å². The standard InChI is InChI=1S/C23H44O7/c1-16(2)26-13-12-21(6,7)28-18(4)15-23(10,11)30-20(25)27-17(3)14-22(8,9)29-19(5)24/h16-18H,12-15H2,1-11H3. The second-order valence-corrected chi connectivity index (χ2v) is 10.2. The van der Waals surface area contributed by atoms with Gasteiger partial charge in [0.25, 0.3) is 0 Å². The molecule has 0 fully saturated rings. The minimum absolute atomic E-state index is 0.123. The lowest BCUT2D eigenvalue weighted by Crippen LogP contribution is -2.38. The fraction of sp³-hybridized carbons (Fsp3) is 0.913. The zero-order valence-electron chi connectivity index (χ0n) is 20.9. The van der Waals surface area contributed by atoms with Crippen LogP contribution in [0.5, 0.6) is 0 Å². The van der Waals surface area contributed by atoms with E-state index in [1.54, 1.807) is 20.8 Å². The molecule has 7 nitrogen and oxygen atoms in total. The first-order valence-corrected chi connectivity index (χ1v) is 10.8. The van der Waals surface area contributed by atoms with Crippen molar-refractivity contribution in [2.24, 2.45) is 0 Å². The van der Waals surface area contributed by atoms with E-state index in [1.165, 1.54) is 6.92 Å². The summed E-state index contributed by atoms with van der Waals surface area (Å²) >= 11 is 0. The van der Waals surface area contributed by atoms with Crippen LogP contribution in [0.3, 0.4) is 0 Å². The lowest BCUT2D eigenvalue weighted by atomic mass is 9.99. The molecule has 7 heteroatoms. The highest BCUT2D eigenvalue weighted by atomic mass is 16.7. The Kier molecular flexibility index (Phi) is 11.4. The van der Waals surface area contributed by atoms with E-state index in [4.69, 9.17) is 23.7 Å². The highest BCUT2D eigenvalue weighted by Crippen LogP contribution is 2.25. The smallest absolute Gasteiger partial charge is 0.460 e. The van der Waals surface area contributed by atoms with Gasteiger partial charge in [0.05, 0.1) is 17.8 Å². The summed E-state index contributed by atoms with van der Waals surface area (Å²) in [5.74, 6) is -0.372. The maximum absolute atomic E-state index is 12.2. The first-order valence-electron chi connectivity index (χ1n) is 10.8. The third-order valence-electron chi connectivity index (χ3n) is 4.31. The Balaban J connectivity index is 4.54. The summed E-state index contributed by atoms with van der Waals surface area (Å²) < 4.78 is 27.9. The molecule has 0 aromatic heterocycles. The second kappa shape index (κ2) is 11.9. The number of hydrogen-bond acceptors (Lipinski definition) is 7. The molecule has 0 N–H and O–H groups in total. The van der Waals surface area contributed by atoms with E-state index in [0.29, 0.717) is 19.4 Å². The largest absolute Gasteiger partial charge is 0.509 e. The van der Waals surface area contributed by atoms with Crippen LogP contribution in [0.25, 0.3) is 0 Å². The Morgan fingerprint density at radius 1 is 0.767 bits per heavy atom. The van der Waals surface area contributed by atoms with Gasteiger partial charge in [-0.1, -0.05) is 0 Å². The van der Waals surface area contributed by atoms with Gasteiger partial charge in [-0.05, 0) is 75.7 Å². The van der Waals surface area contributed by atoms with Gasteiger partial charge >= 0.3 is 12.1 Å². The van der Waals surface area contributed by atoms with Crippen molar-refractivity contribution < 1.29 is 33.3 Å². The van der Waals surface area contributed by atoms with E-state index in [9.17, 15) is 9.59 Å². The first-order chi connectivity index (χ1) is 13.4. The number of ether oxygens (including phenoxy) is 5. The van der Waals surface area contributed by atoms with Crippen molar-refractivity contribution in [3.8, 4) is 0 Å². The van der Waals surface area contributed by atoms with Crippen molar-refractivity contribution in [2.45, 2.75) is 131 Å². The minimum Gasteiger partial charge on any atom is -0.460 e. The van der Waals surface area contributed by atoms with Crippen LogP contribution in [0.2, 0.25) is 0 Å². The van der Waals surface area contributed by atoms with Gasteiger partial charge in [0.15, 0.2) is 0 Å². The third-order valence-corrected chi connectivity index (χ3v) is 4.31. The predicted molar refractivity (Wildman–Crippen MR) is 117 cm³/mol. The van der Waals surface area contributed by atoms with Crippen molar-refractivity contribution >= 4 is 12.1 Å². The van der Waals surface area contributed by atoms with Gasteiger partial charge in [-0.15, -0.1) is 0 Å². The fourth-order valence-electron chi connectivity index (χ4n) is 3.50. The molecule has 0 saturated carbocycles. The summed E-state index contributed by atoms with van der Waals surface area (Å²) in [5.41, 5.74) is -1.83. The van der Waals surface area contributed by atoms with Crippen LogP contribution < -0.4 is 0 Å². The van der Waals surface area contributed by atoms with E-state index >= 15 is 0 Å². The molecule has 30 heavy (non-hydrogen) atoms. The number of hydrogen-bond donors (Lipinski definition) is 0. The predicted octanol–water partition coefficient (Wildman–Crippen LogP) is 5.43. The minimum atomic E-state index is -0.758. The normalized spacial score (nSPS) is 14.9. The summed E-state index contributed by atoms with van der Waals surface area (Å²) in [7, 11) is 0. The molecular weight excluding hydrogens is 388 g/mol. The Labute approximate surface area is 183 Å². The third kappa shape index (κ3) is 14.6. The summed E-state index contributed by atoms with van der Waals surface area (Å²) in [6, 6.07) is 0. The molecule has 0 rings (SSSR count). The number of carbonyl (C=O) groups is 2. The van der Waals surface area contributed by atoms with Crippen LogP contribution in [-0.2, 0) is 28.5 Å². The average Bonchev–Trinajstić information content (AvgIpc) is 2.40. The average molecular weight is 433 g/mol. The van der Waals surface area contributed by atoms with Crippen LogP contribution in [0.4, 0.5) is 4.79 Å². The van der Waals surface area contributed by atoms with Crippen LogP contribution in [-0.4, -0.2) is 53.8 Å². The molecule has 0 bridgehead atoms. The molecule has 0 aliphatic heterocycles. The Hall–Kier alpha value is -1.34. The zero-order chi connectivity index (χ0) is 23.8. The van der Waals surface area contributed by atoms with Gasteiger partial charge in [-0.25, -0.2) is 4.79 Å². The number of esters is 1. The number of rotatable bonds is 13. The molecule has 0 aliphatic carbocycles. The van der Waals surface area contributed by atoms with Crippen molar-refractivity contribution in [3.63, 3.8) is 0 Å². The summed E-state index contributed by atoms with van der Waals surface area (Å²) in [6.45, 7) is 21.0. The van der Waals surface area contributed by atoms with E-state index < -0.39 is 23.5 Å². The lowest BCUT2D eigenvalue weighted by Gasteiger charge is -2.34. The molecule has 2 unspecified atom stereocenters. The SMILES string of the molecule is CC(=O)OC(C)(C)CC(C)OC(=O)OC(C)(C)CC(C)OC(C)(C)CCOC(C)C. The first kappa shape index (κ1) is 28.7. The molecule has 0 amide bonds. The molecule has 0 spiro atoms. The topological polar surface area (TPSA) is 80.3 Å². The van der Waals surface area contributed by atoms with Gasteiger partial charge in [0, 0.05) is 26.4 Å². The van der Waals surface area contributed by atoms with Crippen molar-refractivity contribution in [2.75, 3.05) is 6.61 Å². The van der Waals surface area contributed by atoms with Gasteiger partial charge in [0.1, 0.15) is 17.3 Å². The van der Waals surface area contributed by atoms with E-state index in [1.807, 2.05) is 48.5 Å². The Morgan fingerprint density at radius 2 is 1.27 bits per heavy atom. The van der Waals surface area contributed by atoms with Gasteiger partial charge in [-0.2, -0.15) is 0 Å².